The molecule has 1 heterocycles. The van der Waals surface area contributed by atoms with E-state index in [0.29, 0.717) is 17.3 Å². The molecule has 0 unspecified atom stereocenters. The van der Waals surface area contributed by atoms with E-state index in [9.17, 15) is 4.39 Å². The smallest absolute Gasteiger partial charge is 0.199 e. The zero-order valence-corrected chi connectivity index (χ0v) is 11.7. The number of nitrogens with one attached hydrogen (secondary N) is 1. The molecule has 3 aromatic rings. The fourth-order valence-corrected chi connectivity index (χ4v) is 2.38. The lowest BCUT2D eigenvalue weighted by Crippen LogP contribution is -2.00. The van der Waals surface area contributed by atoms with Crippen LogP contribution in [0.5, 0.6) is 0 Å². The van der Waals surface area contributed by atoms with Crippen molar-refractivity contribution in [1.29, 1.82) is 0 Å². The predicted octanol–water partition coefficient (Wildman–Crippen LogP) is 5.15. The van der Waals surface area contributed by atoms with Crippen LogP contribution < -0.4 is 5.32 Å². The van der Waals surface area contributed by atoms with Gasteiger partial charge in [-0.2, -0.15) is 0 Å². The van der Waals surface area contributed by atoms with Crippen LogP contribution in [0.2, 0.25) is 5.22 Å². The average Bonchev–Trinajstić information content (AvgIpc) is 2.76. The van der Waals surface area contributed by atoms with Crippen molar-refractivity contribution in [3.8, 4) is 0 Å². The zero-order valence-electron chi connectivity index (χ0n) is 10.9. The molecule has 0 saturated heterocycles. The van der Waals surface area contributed by atoms with Crippen LogP contribution >= 0.6 is 11.6 Å². The van der Waals surface area contributed by atoms with Crippen molar-refractivity contribution in [3.05, 3.63) is 64.6 Å². The Balaban J connectivity index is 1.86. The van der Waals surface area contributed by atoms with E-state index in [-0.39, 0.29) is 5.82 Å². The largest absolute Gasteiger partial charge is 0.444 e. The number of fused-ring (bicyclic) bond motifs is 1. The van der Waals surface area contributed by atoms with Crippen molar-refractivity contribution in [3.63, 3.8) is 0 Å². The molecule has 0 aliphatic heterocycles. The van der Waals surface area contributed by atoms with Gasteiger partial charge in [-0.25, -0.2) is 4.39 Å². The van der Waals surface area contributed by atoms with Crippen molar-refractivity contribution < 1.29 is 8.81 Å². The van der Waals surface area contributed by atoms with Gasteiger partial charge >= 0.3 is 0 Å². The molecule has 1 aromatic heterocycles. The summed E-state index contributed by atoms with van der Waals surface area (Å²) in [6.45, 7) is 2.22. The quantitative estimate of drug-likeness (QED) is 0.721. The molecule has 1 N–H and O–H groups in total. The van der Waals surface area contributed by atoms with Crippen molar-refractivity contribution in [2.75, 3.05) is 5.32 Å². The van der Waals surface area contributed by atoms with E-state index in [1.165, 1.54) is 6.07 Å². The van der Waals surface area contributed by atoms with Gasteiger partial charge in [-0.15, -0.1) is 0 Å². The van der Waals surface area contributed by atoms with Gasteiger partial charge in [0.15, 0.2) is 5.22 Å². The second-order valence-corrected chi connectivity index (χ2v) is 5.01. The summed E-state index contributed by atoms with van der Waals surface area (Å²) in [6.07, 6.45) is 0. The van der Waals surface area contributed by atoms with Gasteiger partial charge in [-0.1, -0.05) is 24.3 Å². The number of hydrogen-bond donors (Lipinski definition) is 1. The molecular formula is C16H13ClFNO. The second kappa shape index (κ2) is 5.17. The minimum absolute atomic E-state index is 0.224. The Kier molecular flexibility index (Phi) is 3.36. The number of benzene rings is 2. The lowest BCUT2D eigenvalue weighted by atomic mass is 10.1. The Labute approximate surface area is 121 Å². The maximum absolute atomic E-state index is 13.5. The highest BCUT2D eigenvalue weighted by atomic mass is 35.5. The molecule has 0 amide bonds. The SMILES string of the molecule is Cc1ccc(NCc2c(Cl)oc3ccccc23)cc1F. The van der Waals surface area contributed by atoms with Crippen LogP contribution in [-0.4, -0.2) is 0 Å². The van der Waals surface area contributed by atoms with Gasteiger partial charge in [0.05, 0.1) is 0 Å². The summed E-state index contributed by atoms with van der Waals surface area (Å²) in [5.74, 6) is -0.224. The summed E-state index contributed by atoms with van der Waals surface area (Å²) in [6, 6.07) is 12.7. The van der Waals surface area contributed by atoms with Crippen LogP contribution in [0.25, 0.3) is 11.0 Å². The number of furan rings is 1. The monoisotopic (exact) mass is 289 g/mol. The number of halogens is 2. The number of hydrogen-bond acceptors (Lipinski definition) is 2. The highest BCUT2D eigenvalue weighted by molar-refractivity contribution is 6.30. The molecule has 2 nitrogen and oxygen atoms in total. The molecular weight excluding hydrogens is 277 g/mol. The molecule has 0 fully saturated rings. The van der Waals surface area contributed by atoms with Crippen LogP contribution in [0.4, 0.5) is 10.1 Å². The predicted molar refractivity (Wildman–Crippen MR) is 79.7 cm³/mol. The van der Waals surface area contributed by atoms with E-state index in [1.807, 2.05) is 30.3 Å². The highest BCUT2D eigenvalue weighted by Crippen LogP contribution is 2.30. The Morgan fingerprint density at radius 1 is 1.20 bits per heavy atom. The molecule has 0 aliphatic carbocycles. The van der Waals surface area contributed by atoms with Gasteiger partial charge in [0, 0.05) is 23.2 Å². The third kappa shape index (κ3) is 2.37. The summed E-state index contributed by atoms with van der Waals surface area (Å²) in [4.78, 5) is 0. The van der Waals surface area contributed by atoms with Crippen LogP contribution in [-0.2, 0) is 6.54 Å². The van der Waals surface area contributed by atoms with Crippen LogP contribution in [0.3, 0.4) is 0 Å². The molecule has 0 bridgehead atoms. The summed E-state index contributed by atoms with van der Waals surface area (Å²) < 4.78 is 19.0. The maximum atomic E-state index is 13.5. The molecule has 0 aliphatic rings. The van der Waals surface area contributed by atoms with Crippen LogP contribution in [0.1, 0.15) is 11.1 Å². The van der Waals surface area contributed by atoms with E-state index < -0.39 is 0 Å². The van der Waals surface area contributed by atoms with Crippen LogP contribution in [0, 0.1) is 12.7 Å². The Morgan fingerprint density at radius 2 is 2.00 bits per heavy atom. The average molecular weight is 290 g/mol. The molecule has 0 saturated carbocycles. The summed E-state index contributed by atoms with van der Waals surface area (Å²) in [5.41, 5.74) is 2.98. The van der Waals surface area contributed by atoms with Crippen LogP contribution in [0.15, 0.2) is 46.9 Å². The first-order valence-electron chi connectivity index (χ1n) is 6.31. The van der Waals surface area contributed by atoms with Gasteiger partial charge in [0.25, 0.3) is 0 Å². The molecule has 0 radical (unpaired) electrons. The number of para-hydroxylation sites is 1. The minimum atomic E-state index is -0.224. The Hall–Kier alpha value is -2.00. The minimum Gasteiger partial charge on any atom is -0.444 e. The number of aryl methyl sites for hydroxylation is 1. The summed E-state index contributed by atoms with van der Waals surface area (Å²) in [5, 5.41) is 4.50. The van der Waals surface area contributed by atoms with E-state index >= 15 is 0 Å². The molecule has 102 valence electrons. The van der Waals surface area contributed by atoms with E-state index in [1.54, 1.807) is 13.0 Å². The Morgan fingerprint density at radius 3 is 2.80 bits per heavy atom. The van der Waals surface area contributed by atoms with E-state index in [2.05, 4.69) is 5.32 Å². The van der Waals surface area contributed by atoms with Crippen molar-refractivity contribution in [1.82, 2.24) is 0 Å². The fraction of sp³-hybridized carbons (Fsp3) is 0.125. The van der Waals surface area contributed by atoms with Gasteiger partial charge in [0.1, 0.15) is 11.4 Å². The normalized spacial score (nSPS) is 10.9. The van der Waals surface area contributed by atoms with Crippen molar-refractivity contribution in [2.24, 2.45) is 0 Å². The topological polar surface area (TPSA) is 25.2 Å². The Bertz CT molecular complexity index is 766. The van der Waals surface area contributed by atoms with E-state index in [0.717, 1.165) is 22.2 Å². The van der Waals surface area contributed by atoms with Gasteiger partial charge in [-0.3, -0.25) is 0 Å². The third-order valence-electron chi connectivity index (χ3n) is 3.29. The zero-order chi connectivity index (χ0) is 14.1. The molecule has 20 heavy (non-hydrogen) atoms. The van der Waals surface area contributed by atoms with Crippen molar-refractivity contribution in [2.45, 2.75) is 13.5 Å². The van der Waals surface area contributed by atoms with Gasteiger partial charge < -0.3 is 9.73 Å². The number of anilines is 1. The number of rotatable bonds is 3. The lowest BCUT2D eigenvalue weighted by molar-refractivity contribution is 0.613. The molecule has 0 spiro atoms. The van der Waals surface area contributed by atoms with Crippen molar-refractivity contribution >= 4 is 28.3 Å². The highest BCUT2D eigenvalue weighted by Gasteiger charge is 2.11. The first kappa shape index (κ1) is 13.0. The second-order valence-electron chi connectivity index (χ2n) is 4.67. The first-order chi connectivity index (χ1) is 9.65. The van der Waals surface area contributed by atoms with Gasteiger partial charge in [-0.05, 0) is 42.3 Å². The molecule has 4 heteroatoms. The standard InChI is InChI=1S/C16H13ClFNO/c1-10-6-7-11(8-14(10)18)19-9-13-12-4-2-3-5-15(12)20-16(13)17/h2-8,19H,9H2,1H3. The first-order valence-corrected chi connectivity index (χ1v) is 6.69. The molecule has 2 aromatic carbocycles. The van der Waals surface area contributed by atoms with E-state index in [4.69, 9.17) is 16.0 Å². The molecule has 0 atom stereocenters. The maximum Gasteiger partial charge on any atom is 0.199 e. The summed E-state index contributed by atoms with van der Waals surface area (Å²) >= 11 is 6.11. The fourth-order valence-electron chi connectivity index (χ4n) is 2.13. The van der Waals surface area contributed by atoms with Gasteiger partial charge in [0.2, 0.25) is 0 Å². The lowest BCUT2D eigenvalue weighted by Gasteiger charge is -2.07. The molecule has 3 rings (SSSR count). The third-order valence-corrected chi connectivity index (χ3v) is 3.60. The summed E-state index contributed by atoms with van der Waals surface area (Å²) in [7, 11) is 0.